The molecule has 0 radical (unpaired) electrons. The maximum absolute atomic E-state index is 6.23. The number of anilines is 1. The minimum Gasteiger partial charge on any atom is -0.371 e. The number of unbranched alkanes of at least 4 members (excludes halogenated alkanes) is 1. The number of nitrogens with zero attached hydrogens (tertiary/aromatic N) is 1. The van der Waals surface area contributed by atoms with Crippen LogP contribution in [0, 0.1) is 5.92 Å². The molecule has 2 N–H and O–H groups in total. The van der Waals surface area contributed by atoms with Crippen molar-refractivity contribution in [1.29, 1.82) is 0 Å². The van der Waals surface area contributed by atoms with Crippen LogP contribution in [0.3, 0.4) is 0 Å². The third-order valence-electron chi connectivity index (χ3n) is 3.84. The molecule has 1 saturated heterocycles. The van der Waals surface area contributed by atoms with E-state index in [9.17, 15) is 0 Å². The normalized spacial score (nSPS) is 23.6. The highest BCUT2D eigenvalue weighted by molar-refractivity contribution is 5.85. The molecule has 0 bridgehead atoms. The second-order valence-electron chi connectivity index (χ2n) is 5.14. The lowest BCUT2D eigenvalue weighted by Crippen LogP contribution is -2.47. The smallest absolute Gasteiger partial charge is 0.0366 e. The molecule has 0 aliphatic carbocycles. The van der Waals surface area contributed by atoms with Gasteiger partial charge in [0, 0.05) is 24.8 Å². The predicted molar refractivity (Wildman–Crippen MR) is 81.5 cm³/mol. The SMILES string of the molecule is CCCCC1CN(c2ccccc2)CCC1N.Cl. The molecule has 0 aromatic heterocycles. The highest BCUT2D eigenvalue weighted by Gasteiger charge is 2.25. The lowest BCUT2D eigenvalue weighted by Gasteiger charge is -2.38. The summed E-state index contributed by atoms with van der Waals surface area (Å²) in [6.07, 6.45) is 4.99. The van der Waals surface area contributed by atoms with Crippen LogP contribution in [0.25, 0.3) is 0 Å². The molecular formula is C15H25ClN2. The van der Waals surface area contributed by atoms with Crippen molar-refractivity contribution in [3.8, 4) is 0 Å². The van der Waals surface area contributed by atoms with Crippen LogP contribution < -0.4 is 10.6 Å². The summed E-state index contributed by atoms with van der Waals surface area (Å²) < 4.78 is 0. The van der Waals surface area contributed by atoms with Crippen LogP contribution in [0.5, 0.6) is 0 Å². The molecule has 18 heavy (non-hydrogen) atoms. The quantitative estimate of drug-likeness (QED) is 0.906. The van der Waals surface area contributed by atoms with Gasteiger partial charge in [-0.1, -0.05) is 38.0 Å². The highest BCUT2D eigenvalue weighted by Crippen LogP contribution is 2.25. The van der Waals surface area contributed by atoms with Crippen molar-refractivity contribution in [2.24, 2.45) is 11.7 Å². The third kappa shape index (κ3) is 3.89. The molecule has 1 aliphatic heterocycles. The molecule has 0 saturated carbocycles. The molecule has 2 unspecified atom stereocenters. The number of benzene rings is 1. The van der Waals surface area contributed by atoms with E-state index in [1.807, 2.05) is 0 Å². The maximum atomic E-state index is 6.23. The lowest BCUT2D eigenvalue weighted by atomic mass is 9.88. The lowest BCUT2D eigenvalue weighted by molar-refractivity contribution is 0.330. The third-order valence-corrected chi connectivity index (χ3v) is 3.84. The summed E-state index contributed by atoms with van der Waals surface area (Å²) in [7, 11) is 0. The Morgan fingerprint density at radius 2 is 2.00 bits per heavy atom. The van der Waals surface area contributed by atoms with Crippen LogP contribution in [-0.4, -0.2) is 19.1 Å². The summed E-state index contributed by atoms with van der Waals surface area (Å²) in [4.78, 5) is 2.49. The summed E-state index contributed by atoms with van der Waals surface area (Å²) in [6.45, 7) is 4.49. The average molecular weight is 269 g/mol. The topological polar surface area (TPSA) is 29.3 Å². The summed E-state index contributed by atoms with van der Waals surface area (Å²) in [6, 6.07) is 11.1. The molecule has 0 spiro atoms. The van der Waals surface area contributed by atoms with Gasteiger partial charge >= 0.3 is 0 Å². The Hall–Kier alpha value is -0.730. The molecule has 3 heteroatoms. The molecule has 2 atom stereocenters. The van der Waals surface area contributed by atoms with Crippen molar-refractivity contribution < 1.29 is 0 Å². The Kier molecular flexibility index (Phi) is 6.51. The Balaban J connectivity index is 0.00000162. The summed E-state index contributed by atoms with van der Waals surface area (Å²) >= 11 is 0. The van der Waals surface area contributed by atoms with Crippen molar-refractivity contribution in [3.05, 3.63) is 30.3 Å². The van der Waals surface area contributed by atoms with Crippen molar-refractivity contribution in [2.75, 3.05) is 18.0 Å². The van der Waals surface area contributed by atoms with Crippen LogP contribution in [-0.2, 0) is 0 Å². The van der Waals surface area contributed by atoms with Gasteiger partial charge in [-0.2, -0.15) is 0 Å². The van der Waals surface area contributed by atoms with Gasteiger partial charge in [-0.15, -0.1) is 12.4 Å². The predicted octanol–water partition coefficient (Wildman–Crippen LogP) is 3.45. The first-order chi connectivity index (χ1) is 8.31. The summed E-state index contributed by atoms with van der Waals surface area (Å²) in [5.74, 6) is 0.670. The summed E-state index contributed by atoms with van der Waals surface area (Å²) in [5.41, 5.74) is 7.58. The van der Waals surface area contributed by atoms with Crippen molar-refractivity contribution in [1.82, 2.24) is 0 Å². The van der Waals surface area contributed by atoms with Gasteiger partial charge in [0.25, 0.3) is 0 Å². The van der Waals surface area contributed by atoms with E-state index >= 15 is 0 Å². The maximum Gasteiger partial charge on any atom is 0.0366 e. The molecule has 1 aromatic rings. The highest BCUT2D eigenvalue weighted by atomic mass is 35.5. The van der Waals surface area contributed by atoms with Gasteiger partial charge in [0.15, 0.2) is 0 Å². The molecule has 2 nitrogen and oxygen atoms in total. The first-order valence-electron chi connectivity index (χ1n) is 6.87. The summed E-state index contributed by atoms with van der Waals surface area (Å²) in [5, 5.41) is 0. The molecule has 2 rings (SSSR count). The van der Waals surface area contributed by atoms with E-state index in [0.717, 1.165) is 19.5 Å². The van der Waals surface area contributed by atoms with E-state index in [2.05, 4.69) is 42.2 Å². The van der Waals surface area contributed by atoms with Crippen LogP contribution in [0.2, 0.25) is 0 Å². The Morgan fingerprint density at radius 3 is 2.67 bits per heavy atom. The van der Waals surface area contributed by atoms with Gasteiger partial charge in [0.1, 0.15) is 0 Å². The first kappa shape index (κ1) is 15.3. The van der Waals surface area contributed by atoms with Gasteiger partial charge in [0.05, 0.1) is 0 Å². The van der Waals surface area contributed by atoms with E-state index in [4.69, 9.17) is 5.73 Å². The number of hydrogen-bond acceptors (Lipinski definition) is 2. The van der Waals surface area contributed by atoms with Gasteiger partial charge in [-0.3, -0.25) is 0 Å². The minimum atomic E-state index is 0. The number of piperidine rings is 1. The van der Waals surface area contributed by atoms with Crippen LogP contribution in [0.4, 0.5) is 5.69 Å². The largest absolute Gasteiger partial charge is 0.371 e. The second kappa shape index (κ2) is 7.65. The Bertz CT molecular complexity index is 329. The Morgan fingerprint density at radius 1 is 1.28 bits per heavy atom. The molecule has 0 amide bonds. The number of halogens is 1. The molecule has 1 aromatic carbocycles. The zero-order chi connectivity index (χ0) is 12.1. The van der Waals surface area contributed by atoms with Crippen LogP contribution in [0.1, 0.15) is 32.6 Å². The van der Waals surface area contributed by atoms with Crippen molar-refractivity contribution in [3.63, 3.8) is 0 Å². The molecule has 1 aliphatic rings. The number of hydrogen-bond donors (Lipinski definition) is 1. The molecule has 1 heterocycles. The first-order valence-corrected chi connectivity index (χ1v) is 6.87. The van der Waals surface area contributed by atoms with E-state index in [0.29, 0.717) is 12.0 Å². The van der Waals surface area contributed by atoms with Crippen LogP contribution in [0.15, 0.2) is 30.3 Å². The standard InChI is InChI=1S/C15H24N2.ClH/c1-2-3-7-13-12-17(11-10-15(13)16)14-8-5-4-6-9-14;/h4-6,8-9,13,15H,2-3,7,10-12,16H2,1H3;1H. The fraction of sp³-hybridized carbons (Fsp3) is 0.600. The zero-order valence-corrected chi connectivity index (χ0v) is 12.0. The van der Waals surface area contributed by atoms with Crippen molar-refractivity contribution >= 4 is 18.1 Å². The van der Waals surface area contributed by atoms with Gasteiger partial charge in [-0.25, -0.2) is 0 Å². The van der Waals surface area contributed by atoms with E-state index in [-0.39, 0.29) is 12.4 Å². The van der Waals surface area contributed by atoms with Gasteiger partial charge < -0.3 is 10.6 Å². The Labute approximate surface area is 117 Å². The van der Waals surface area contributed by atoms with Gasteiger partial charge in [0.2, 0.25) is 0 Å². The molecular weight excluding hydrogens is 244 g/mol. The van der Waals surface area contributed by atoms with E-state index in [1.165, 1.54) is 24.9 Å². The average Bonchev–Trinajstić information content (AvgIpc) is 2.39. The van der Waals surface area contributed by atoms with E-state index in [1.54, 1.807) is 0 Å². The van der Waals surface area contributed by atoms with Crippen LogP contribution >= 0.6 is 12.4 Å². The molecule has 102 valence electrons. The van der Waals surface area contributed by atoms with Crippen molar-refractivity contribution in [2.45, 2.75) is 38.6 Å². The monoisotopic (exact) mass is 268 g/mol. The second-order valence-corrected chi connectivity index (χ2v) is 5.14. The van der Waals surface area contributed by atoms with E-state index < -0.39 is 0 Å². The number of rotatable bonds is 4. The minimum absolute atomic E-state index is 0. The fourth-order valence-electron chi connectivity index (χ4n) is 2.70. The zero-order valence-electron chi connectivity index (χ0n) is 11.2. The molecule has 1 fully saturated rings. The number of nitrogens with two attached hydrogens (primary N) is 1. The number of para-hydroxylation sites is 1. The fourth-order valence-corrected chi connectivity index (χ4v) is 2.70. The van der Waals surface area contributed by atoms with Gasteiger partial charge in [-0.05, 0) is 30.9 Å².